The van der Waals surface area contributed by atoms with Crippen molar-refractivity contribution in [1.29, 1.82) is 0 Å². The topological polar surface area (TPSA) is 82.3 Å². The predicted octanol–water partition coefficient (Wildman–Crippen LogP) is 2.10. The normalized spacial score (nSPS) is 10.3. The number of methoxy groups -OCH3 is 2. The number of anilines is 3. The number of rotatable bonds is 5. The Hall–Kier alpha value is -2.41. The maximum atomic E-state index is 13.1. The van der Waals surface area contributed by atoms with E-state index in [1.54, 1.807) is 19.2 Å². The lowest BCUT2D eigenvalue weighted by molar-refractivity contribution is 0.178. The molecule has 0 aliphatic heterocycles. The molecule has 0 aliphatic rings. The van der Waals surface area contributed by atoms with E-state index in [1.807, 2.05) is 0 Å². The van der Waals surface area contributed by atoms with E-state index in [-0.39, 0.29) is 12.4 Å². The molecule has 0 spiro atoms. The Bertz CT molecular complexity index is 607. The van der Waals surface area contributed by atoms with Gasteiger partial charge in [-0.1, -0.05) is 0 Å². The fourth-order valence-electron chi connectivity index (χ4n) is 1.68. The number of nitrogens with zero attached hydrogens (tertiary/aromatic N) is 2. The van der Waals surface area contributed by atoms with Crippen LogP contribution in [0.15, 0.2) is 24.3 Å². The first kappa shape index (κ1) is 14.0. The summed E-state index contributed by atoms with van der Waals surface area (Å²) in [6.07, 6.45) is 0. The fourth-order valence-corrected chi connectivity index (χ4v) is 1.68. The summed E-state index contributed by atoms with van der Waals surface area (Å²) in [6.45, 7) is 0.250. The summed E-state index contributed by atoms with van der Waals surface area (Å²) in [5.41, 5.74) is 6.28. The second-order valence-electron chi connectivity index (χ2n) is 4.00. The first-order chi connectivity index (χ1) is 9.62. The van der Waals surface area contributed by atoms with E-state index in [0.717, 1.165) is 0 Å². The number of nitrogen functional groups attached to an aromatic ring is 1. The molecule has 0 unspecified atom stereocenters. The molecule has 0 fully saturated rings. The molecule has 106 valence electrons. The summed E-state index contributed by atoms with van der Waals surface area (Å²) >= 11 is 0. The second-order valence-corrected chi connectivity index (χ2v) is 4.00. The molecule has 3 N–H and O–H groups in total. The van der Waals surface area contributed by atoms with Crippen LogP contribution in [-0.2, 0) is 11.3 Å². The number of hydrogen-bond acceptors (Lipinski definition) is 6. The minimum Gasteiger partial charge on any atom is -0.494 e. The zero-order valence-corrected chi connectivity index (χ0v) is 11.2. The maximum Gasteiger partial charge on any atom is 0.158 e. The van der Waals surface area contributed by atoms with E-state index in [2.05, 4.69) is 15.3 Å². The highest BCUT2D eigenvalue weighted by atomic mass is 19.1. The van der Waals surface area contributed by atoms with Crippen molar-refractivity contribution in [2.45, 2.75) is 6.61 Å². The van der Waals surface area contributed by atoms with Gasteiger partial charge in [-0.3, -0.25) is 0 Å². The predicted molar refractivity (Wildman–Crippen MR) is 73.4 cm³/mol. The second kappa shape index (κ2) is 6.16. The van der Waals surface area contributed by atoms with E-state index in [0.29, 0.717) is 28.9 Å². The van der Waals surface area contributed by atoms with Gasteiger partial charge in [0.1, 0.15) is 29.8 Å². The summed E-state index contributed by atoms with van der Waals surface area (Å²) in [7, 11) is 3.01. The van der Waals surface area contributed by atoms with Gasteiger partial charge in [-0.05, 0) is 12.1 Å². The number of hydrogen-bond donors (Lipinski definition) is 2. The number of nitrogens with two attached hydrogens (primary N) is 1. The molecule has 0 radical (unpaired) electrons. The molecule has 2 rings (SSSR count). The Kier molecular flexibility index (Phi) is 4.31. The van der Waals surface area contributed by atoms with Crippen LogP contribution in [0.1, 0.15) is 5.82 Å². The summed E-state index contributed by atoms with van der Waals surface area (Å²) in [5, 5.41) is 3.01. The van der Waals surface area contributed by atoms with Crippen LogP contribution in [0.2, 0.25) is 0 Å². The third kappa shape index (κ3) is 3.33. The Morgan fingerprint density at radius 2 is 2.05 bits per heavy atom. The molecule has 0 amide bonds. The molecule has 6 nitrogen and oxygen atoms in total. The molecule has 1 heterocycles. The van der Waals surface area contributed by atoms with Gasteiger partial charge in [-0.15, -0.1) is 0 Å². The van der Waals surface area contributed by atoms with E-state index in [4.69, 9.17) is 15.2 Å². The molecule has 0 atom stereocenters. The molecule has 1 aromatic carbocycles. The number of halogens is 1. The van der Waals surface area contributed by atoms with Crippen LogP contribution in [0.25, 0.3) is 0 Å². The lowest BCUT2D eigenvalue weighted by atomic mass is 10.3. The molecule has 7 heteroatoms. The van der Waals surface area contributed by atoms with Crippen LogP contribution in [0, 0.1) is 5.82 Å². The molecule has 20 heavy (non-hydrogen) atoms. The summed E-state index contributed by atoms with van der Waals surface area (Å²) < 4.78 is 23.2. The van der Waals surface area contributed by atoms with E-state index in [1.165, 1.54) is 19.2 Å². The molecule has 0 aliphatic carbocycles. The first-order valence-electron chi connectivity index (χ1n) is 5.85. The van der Waals surface area contributed by atoms with Crippen molar-refractivity contribution in [2.24, 2.45) is 0 Å². The van der Waals surface area contributed by atoms with Crippen molar-refractivity contribution in [2.75, 3.05) is 25.3 Å². The zero-order chi connectivity index (χ0) is 14.5. The lowest BCUT2D eigenvalue weighted by Crippen LogP contribution is -2.05. The smallest absolute Gasteiger partial charge is 0.158 e. The average molecular weight is 278 g/mol. The Morgan fingerprint density at radius 3 is 2.75 bits per heavy atom. The van der Waals surface area contributed by atoms with Crippen LogP contribution in [-0.4, -0.2) is 24.2 Å². The van der Waals surface area contributed by atoms with Gasteiger partial charge in [0.25, 0.3) is 0 Å². The number of nitrogens with one attached hydrogen (secondary N) is 1. The number of aromatic nitrogens is 2. The van der Waals surface area contributed by atoms with Gasteiger partial charge in [-0.2, -0.15) is 0 Å². The minimum atomic E-state index is -0.380. The largest absolute Gasteiger partial charge is 0.494 e. The van der Waals surface area contributed by atoms with E-state index >= 15 is 0 Å². The molecule has 0 saturated heterocycles. The van der Waals surface area contributed by atoms with Crippen LogP contribution in [0.4, 0.5) is 21.7 Å². The van der Waals surface area contributed by atoms with Crippen LogP contribution in [0.3, 0.4) is 0 Å². The Morgan fingerprint density at radius 1 is 1.25 bits per heavy atom. The quantitative estimate of drug-likeness (QED) is 0.871. The molecule has 0 saturated carbocycles. The van der Waals surface area contributed by atoms with Gasteiger partial charge >= 0.3 is 0 Å². The average Bonchev–Trinajstić information content (AvgIpc) is 2.40. The summed E-state index contributed by atoms with van der Waals surface area (Å²) in [6, 6.07) is 5.73. The van der Waals surface area contributed by atoms with Gasteiger partial charge in [0.2, 0.25) is 0 Å². The van der Waals surface area contributed by atoms with Gasteiger partial charge in [0.15, 0.2) is 5.82 Å². The maximum absolute atomic E-state index is 13.1. The highest BCUT2D eigenvalue weighted by Crippen LogP contribution is 2.28. The van der Waals surface area contributed by atoms with Crippen molar-refractivity contribution < 1.29 is 13.9 Å². The van der Waals surface area contributed by atoms with Gasteiger partial charge < -0.3 is 20.5 Å². The molecule has 0 bridgehead atoms. The molecular formula is C13H15FN4O2. The highest BCUT2D eigenvalue weighted by molar-refractivity contribution is 5.65. The van der Waals surface area contributed by atoms with Gasteiger partial charge in [0.05, 0.1) is 12.8 Å². The lowest BCUT2D eigenvalue weighted by Gasteiger charge is -2.11. The number of ether oxygens (including phenoxy) is 2. The van der Waals surface area contributed by atoms with Crippen molar-refractivity contribution in [1.82, 2.24) is 9.97 Å². The van der Waals surface area contributed by atoms with Crippen molar-refractivity contribution >= 4 is 17.3 Å². The van der Waals surface area contributed by atoms with Crippen molar-refractivity contribution in [3.63, 3.8) is 0 Å². The van der Waals surface area contributed by atoms with Crippen LogP contribution in [0.5, 0.6) is 5.75 Å². The monoisotopic (exact) mass is 278 g/mol. The van der Waals surface area contributed by atoms with Crippen molar-refractivity contribution in [3.05, 3.63) is 35.9 Å². The Balaban J connectivity index is 2.29. The number of benzene rings is 1. The van der Waals surface area contributed by atoms with Gasteiger partial charge in [-0.25, -0.2) is 14.4 Å². The first-order valence-corrected chi connectivity index (χ1v) is 5.85. The van der Waals surface area contributed by atoms with E-state index < -0.39 is 0 Å². The third-order valence-electron chi connectivity index (χ3n) is 2.49. The summed E-state index contributed by atoms with van der Waals surface area (Å²) in [5.74, 6) is 1.24. The van der Waals surface area contributed by atoms with E-state index in [9.17, 15) is 4.39 Å². The standard InChI is InChI=1S/C13H15FN4O2/c1-19-7-13-17-11(15)6-12(18-13)16-9-4-3-8(14)5-10(9)20-2/h3-6H,7H2,1-2H3,(H3,15,16,17,18). The molecular weight excluding hydrogens is 263 g/mol. The summed E-state index contributed by atoms with van der Waals surface area (Å²) in [4.78, 5) is 8.27. The van der Waals surface area contributed by atoms with Gasteiger partial charge in [0, 0.05) is 19.2 Å². The molecule has 1 aromatic heterocycles. The van der Waals surface area contributed by atoms with Crippen LogP contribution < -0.4 is 15.8 Å². The van der Waals surface area contributed by atoms with Crippen LogP contribution >= 0.6 is 0 Å². The molecule has 2 aromatic rings. The minimum absolute atomic E-state index is 0.250. The zero-order valence-electron chi connectivity index (χ0n) is 11.2. The Labute approximate surface area is 115 Å². The SMILES string of the molecule is COCc1nc(N)cc(Nc2ccc(F)cc2OC)n1. The van der Waals surface area contributed by atoms with Crippen molar-refractivity contribution in [3.8, 4) is 5.75 Å². The highest BCUT2D eigenvalue weighted by Gasteiger charge is 2.08. The fraction of sp³-hybridized carbons (Fsp3) is 0.231. The third-order valence-corrected chi connectivity index (χ3v) is 2.49.